The fourth-order valence-corrected chi connectivity index (χ4v) is 5.14. The standard InChI is InChI=1S/C22H31N7OS.HI/c1-24-22(28-12-10-27(11-13-28)19-7-4-14-31-19)26-15-17-5-2-8-25-21(17)29-9-3-6-18(16-29)20(23)30;/h2,4-5,7-8,14,18H,3,6,9-13,15-16H2,1H3,(H2,23,30)(H,24,26);1H. The van der Waals surface area contributed by atoms with E-state index in [1.54, 1.807) is 11.3 Å². The molecule has 0 saturated carbocycles. The molecule has 3 N–H and O–H groups in total. The van der Waals surface area contributed by atoms with Gasteiger partial charge in [-0.1, -0.05) is 6.07 Å². The number of carbonyl (C=O) groups is 1. The van der Waals surface area contributed by atoms with E-state index in [1.807, 2.05) is 19.3 Å². The maximum absolute atomic E-state index is 11.7. The number of piperidine rings is 1. The number of halogens is 1. The second-order valence-electron chi connectivity index (χ2n) is 8.00. The van der Waals surface area contributed by atoms with Crippen LogP contribution in [0.4, 0.5) is 10.8 Å². The maximum Gasteiger partial charge on any atom is 0.222 e. The number of amides is 1. The lowest BCUT2D eigenvalue weighted by atomic mass is 9.97. The zero-order valence-electron chi connectivity index (χ0n) is 18.4. The predicted molar refractivity (Wildman–Crippen MR) is 142 cm³/mol. The Kier molecular flexibility index (Phi) is 8.97. The maximum atomic E-state index is 11.7. The van der Waals surface area contributed by atoms with E-state index in [4.69, 9.17) is 5.73 Å². The molecule has 2 aromatic heterocycles. The number of anilines is 2. The highest BCUT2D eigenvalue weighted by Gasteiger charge is 2.26. The van der Waals surface area contributed by atoms with Crippen molar-refractivity contribution in [2.24, 2.45) is 16.6 Å². The van der Waals surface area contributed by atoms with Gasteiger partial charge in [-0.05, 0) is 36.4 Å². The molecule has 4 rings (SSSR count). The summed E-state index contributed by atoms with van der Waals surface area (Å²) in [4.78, 5) is 27.8. The Bertz CT molecular complexity index is 899. The molecule has 0 aromatic carbocycles. The number of hydrogen-bond donors (Lipinski definition) is 2. The van der Waals surface area contributed by atoms with Gasteiger partial charge >= 0.3 is 0 Å². The van der Waals surface area contributed by atoms with Gasteiger partial charge in [-0.2, -0.15) is 0 Å². The molecule has 174 valence electrons. The predicted octanol–water partition coefficient (Wildman–Crippen LogP) is 2.36. The van der Waals surface area contributed by atoms with Gasteiger partial charge in [0.15, 0.2) is 5.96 Å². The van der Waals surface area contributed by atoms with Gasteiger partial charge in [0, 0.05) is 64.6 Å². The van der Waals surface area contributed by atoms with E-state index in [2.05, 4.69) is 53.6 Å². The molecule has 10 heteroatoms. The number of hydrogen-bond acceptors (Lipinski definition) is 6. The monoisotopic (exact) mass is 569 g/mol. The van der Waals surface area contributed by atoms with Gasteiger partial charge in [0.25, 0.3) is 0 Å². The van der Waals surface area contributed by atoms with Crippen LogP contribution in [0, 0.1) is 5.92 Å². The van der Waals surface area contributed by atoms with Crippen LogP contribution < -0.4 is 20.9 Å². The molecule has 1 atom stereocenters. The molecule has 2 aliphatic heterocycles. The number of nitrogens with two attached hydrogens (primary N) is 1. The van der Waals surface area contributed by atoms with Gasteiger partial charge in [0.2, 0.25) is 5.91 Å². The molecular weight excluding hydrogens is 537 g/mol. The van der Waals surface area contributed by atoms with Gasteiger partial charge in [-0.3, -0.25) is 9.79 Å². The normalized spacial score (nSPS) is 19.5. The van der Waals surface area contributed by atoms with E-state index >= 15 is 0 Å². The number of aromatic nitrogens is 1. The van der Waals surface area contributed by atoms with Gasteiger partial charge in [-0.15, -0.1) is 35.3 Å². The number of carbonyl (C=O) groups excluding carboxylic acids is 1. The minimum absolute atomic E-state index is 0. The molecule has 0 radical (unpaired) electrons. The zero-order chi connectivity index (χ0) is 21.6. The van der Waals surface area contributed by atoms with E-state index in [0.29, 0.717) is 13.1 Å². The second-order valence-corrected chi connectivity index (χ2v) is 8.93. The van der Waals surface area contributed by atoms with Crippen molar-refractivity contribution in [1.29, 1.82) is 0 Å². The van der Waals surface area contributed by atoms with Crippen LogP contribution in [0.1, 0.15) is 18.4 Å². The quantitative estimate of drug-likeness (QED) is 0.327. The van der Waals surface area contributed by atoms with Crippen LogP contribution in [0.3, 0.4) is 0 Å². The van der Waals surface area contributed by atoms with Gasteiger partial charge in [-0.25, -0.2) is 4.98 Å². The Morgan fingerprint density at radius 2 is 2.03 bits per heavy atom. The summed E-state index contributed by atoms with van der Waals surface area (Å²) in [5.74, 6) is 1.51. The Morgan fingerprint density at radius 3 is 2.72 bits per heavy atom. The molecule has 8 nitrogen and oxygen atoms in total. The van der Waals surface area contributed by atoms with Crippen LogP contribution in [-0.4, -0.2) is 68.1 Å². The molecule has 2 aromatic rings. The van der Waals surface area contributed by atoms with E-state index < -0.39 is 0 Å². The van der Waals surface area contributed by atoms with Crippen molar-refractivity contribution in [2.75, 3.05) is 56.1 Å². The number of aliphatic imine (C=N–C) groups is 1. The van der Waals surface area contributed by atoms with Crippen LogP contribution in [0.15, 0.2) is 40.8 Å². The Labute approximate surface area is 210 Å². The smallest absolute Gasteiger partial charge is 0.222 e. The summed E-state index contributed by atoms with van der Waals surface area (Å²) in [6, 6.07) is 8.33. The average molecular weight is 570 g/mol. The first kappa shape index (κ1) is 24.6. The van der Waals surface area contributed by atoms with Crippen molar-refractivity contribution in [3.8, 4) is 0 Å². The van der Waals surface area contributed by atoms with Crippen LogP contribution in [0.25, 0.3) is 0 Å². The molecule has 2 aliphatic rings. The fraction of sp³-hybridized carbons (Fsp3) is 0.500. The Balaban J connectivity index is 0.00000289. The number of guanidine groups is 1. The third-order valence-corrected chi connectivity index (χ3v) is 6.97. The van der Waals surface area contributed by atoms with Crippen molar-refractivity contribution in [2.45, 2.75) is 19.4 Å². The third kappa shape index (κ3) is 5.83. The van der Waals surface area contributed by atoms with Crippen molar-refractivity contribution in [3.05, 3.63) is 41.4 Å². The SMILES string of the molecule is CN=C(NCc1cccnc1N1CCCC(C(N)=O)C1)N1CCN(c2cccs2)CC1.I. The first-order valence-electron chi connectivity index (χ1n) is 10.9. The van der Waals surface area contributed by atoms with Crippen molar-refractivity contribution in [1.82, 2.24) is 15.2 Å². The highest BCUT2D eigenvalue weighted by atomic mass is 127. The van der Waals surface area contributed by atoms with Gasteiger partial charge in [0.05, 0.1) is 10.9 Å². The summed E-state index contributed by atoms with van der Waals surface area (Å²) < 4.78 is 0. The first-order valence-corrected chi connectivity index (χ1v) is 11.8. The zero-order valence-corrected chi connectivity index (χ0v) is 21.6. The largest absolute Gasteiger partial charge is 0.369 e. The minimum Gasteiger partial charge on any atom is -0.369 e. The Morgan fingerprint density at radius 1 is 1.22 bits per heavy atom. The van der Waals surface area contributed by atoms with Crippen LogP contribution >= 0.6 is 35.3 Å². The number of rotatable bonds is 5. The van der Waals surface area contributed by atoms with E-state index in [-0.39, 0.29) is 35.8 Å². The lowest BCUT2D eigenvalue weighted by molar-refractivity contribution is -0.122. The lowest BCUT2D eigenvalue weighted by Crippen LogP contribution is -2.52. The van der Waals surface area contributed by atoms with Crippen LogP contribution in [-0.2, 0) is 11.3 Å². The molecular formula is C22H32IN7OS. The van der Waals surface area contributed by atoms with Crippen LogP contribution in [0.2, 0.25) is 0 Å². The van der Waals surface area contributed by atoms with E-state index in [1.165, 1.54) is 5.00 Å². The van der Waals surface area contributed by atoms with Gasteiger partial charge < -0.3 is 25.8 Å². The molecule has 1 amide bonds. The van der Waals surface area contributed by atoms with Crippen molar-refractivity contribution >= 4 is 58.0 Å². The number of primary amides is 1. The van der Waals surface area contributed by atoms with E-state index in [9.17, 15) is 4.79 Å². The minimum atomic E-state index is -0.220. The molecule has 2 fully saturated rings. The fourth-order valence-electron chi connectivity index (χ4n) is 4.35. The van der Waals surface area contributed by atoms with Crippen LogP contribution in [0.5, 0.6) is 0 Å². The summed E-state index contributed by atoms with van der Waals surface area (Å²) in [7, 11) is 1.83. The molecule has 0 bridgehead atoms. The molecule has 1 unspecified atom stereocenters. The topological polar surface area (TPSA) is 90.1 Å². The number of nitrogens with one attached hydrogen (secondary N) is 1. The second kappa shape index (κ2) is 11.7. The summed E-state index contributed by atoms with van der Waals surface area (Å²) in [5, 5.41) is 6.98. The number of pyridine rings is 1. The van der Waals surface area contributed by atoms with Crippen molar-refractivity contribution < 1.29 is 4.79 Å². The van der Waals surface area contributed by atoms with Gasteiger partial charge in [0.1, 0.15) is 5.82 Å². The number of nitrogens with zero attached hydrogens (tertiary/aromatic N) is 5. The summed E-state index contributed by atoms with van der Waals surface area (Å²) >= 11 is 1.79. The number of piperazine rings is 1. The third-order valence-electron chi connectivity index (χ3n) is 6.04. The summed E-state index contributed by atoms with van der Waals surface area (Å²) in [5.41, 5.74) is 6.67. The molecule has 32 heavy (non-hydrogen) atoms. The molecule has 2 saturated heterocycles. The molecule has 4 heterocycles. The molecule has 0 spiro atoms. The van der Waals surface area contributed by atoms with E-state index in [0.717, 1.165) is 62.9 Å². The Hall–Kier alpha value is -2.08. The summed E-state index contributed by atoms with van der Waals surface area (Å²) in [6.45, 7) is 6.02. The number of thiophene rings is 1. The van der Waals surface area contributed by atoms with Crippen molar-refractivity contribution in [3.63, 3.8) is 0 Å². The first-order chi connectivity index (χ1) is 15.2. The highest BCUT2D eigenvalue weighted by Crippen LogP contribution is 2.25. The lowest BCUT2D eigenvalue weighted by Gasteiger charge is -2.37. The highest BCUT2D eigenvalue weighted by molar-refractivity contribution is 14.0. The average Bonchev–Trinajstić information content (AvgIpc) is 3.35. The summed E-state index contributed by atoms with van der Waals surface area (Å²) in [6.07, 6.45) is 3.62. The molecule has 0 aliphatic carbocycles.